The van der Waals surface area contributed by atoms with Crippen molar-refractivity contribution in [1.82, 2.24) is 9.80 Å². The molecule has 0 unspecified atom stereocenters. The summed E-state index contributed by atoms with van der Waals surface area (Å²) < 4.78 is 0. The van der Waals surface area contributed by atoms with E-state index in [9.17, 15) is 0 Å². The van der Waals surface area contributed by atoms with Crippen molar-refractivity contribution in [3.63, 3.8) is 0 Å². The van der Waals surface area contributed by atoms with Crippen molar-refractivity contribution in [1.29, 1.82) is 0 Å². The normalized spacial score (nSPS) is 11.8. The van der Waals surface area contributed by atoms with Gasteiger partial charge in [-0.2, -0.15) is 0 Å². The van der Waals surface area contributed by atoms with Gasteiger partial charge in [-0.3, -0.25) is 0 Å². The Morgan fingerprint density at radius 2 is 0.792 bits per heavy atom. The third-order valence-electron chi connectivity index (χ3n) is 4.56. The van der Waals surface area contributed by atoms with Crippen LogP contribution >= 0.6 is 0 Å². The molecule has 0 bridgehead atoms. The lowest BCUT2D eigenvalue weighted by Gasteiger charge is -2.23. The molecule has 0 aliphatic rings. The van der Waals surface area contributed by atoms with Gasteiger partial charge < -0.3 is 27.0 Å². The van der Waals surface area contributed by atoms with Gasteiger partial charge in [-0.05, 0) is 97.4 Å². The summed E-state index contributed by atoms with van der Waals surface area (Å²) >= 11 is 0. The molecule has 24 heavy (non-hydrogen) atoms. The standard InChI is InChI=1S/C19H45N5/c1-2-3-14-23(17-8-11-20)15-6-4-5-7-16-24(18-9-12-21)19-10-13-22/h2-22H2,1H3. The van der Waals surface area contributed by atoms with Gasteiger partial charge in [0.1, 0.15) is 0 Å². The number of hydrogen-bond donors (Lipinski definition) is 3. The van der Waals surface area contributed by atoms with Crippen molar-refractivity contribution in [3.05, 3.63) is 0 Å². The largest absolute Gasteiger partial charge is 0.330 e. The topological polar surface area (TPSA) is 84.5 Å². The third-order valence-corrected chi connectivity index (χ3v) is 4.56. The smallest absolute Gasteiger partial charge is 0.000671 e. The molecule has 0 radical (unpaired) electrons. The molecule has 0 heterocycles. The van der Waals surface area contributed by atoms with E-state index in [1.807, 2.05) is 0 Å². The van der Waals surface area contributed by atoms with Crippen LogP contribution in [0.5, 0.6) is 0 Å². The fraction of sp³-hybridized carbons (Fsp3) is 1.00. The van der Waals surface area contributed by atoms with Crippen LogP contribution in [0.2, 0.25) is 0 Å². The van der Waals surface area contributed by atoms with Gasteiger partial charge in [-0.1, -0.05) is 26.2 Å². The monoisotopic (exact) mass is 343 g/mol. The molecule has 0 atom stereocenters. The van der Waals surface area contributed by atoms with Crippen molar-refractivity contribution in [2.24, 2.45) is 17.2 Å². The number of nitrogens with two attached hydrogens (primary N) is 3. The lowest BCUT2D eigenvalue weighted by Crippen LogP contribution is -2.30. The fourth-order valence-corrected chi connectivity index (χ4v) is 3.02. The molecule has 0 aliphatic heterocycles. The van der Waals surface area contributed by atoms with Crippen LogP contribution in [0.1, 0.15) is 64.7 Å². The summed E-state index contributed by atoms with van der Waals surface area (Å²) in [5.74, 6) is 0. The predicted octanol–water partition coefficient (Wildman–Crippen LogP) is 2.00. The van der Waals surface area contributed by atoms with Gasteiger partial charge in [0.15, 0.2) is 0 Å². The zero-order valence-corrected chi connectivity index (χ0v) is 16.4. The minimum absolute atomic E-state index is 0.787. The molecular weight excluding hydrogens is 298 g/mol. The van der Waals surface area contributed by atoms with Crippen molar-refractivity contribution in [2.75, 3.05) is 58.9 Å². The first-order valence-corrected chi connectivity index (χ1v) is 10.3. The molecule has 0 fully saturated rings. The molecule has 0 aliphatic carbocycles. The van der Waals surface area contributed by atoms with Crippen LogP contribution in [0.25, 0.3) is 0 Å². The van der Waals surface area contributed by atoms with Gasteiger partial charge in [0.25, 0.3) is 0 Å². The molecule has 0 saturated heterocycles. The maximum absolute atomic E-state index is 5.65. The van der Waals surface area contributed by atoms with Gasteiger partial charge >= 0.3 is 0 Å². The summed E-state index contributed by atoms with van der Waals surface area (Å²) in [7, 11) is 0. The summed E-state index contributed by atoms with van der Waals surface area (Å²) in [6, 6.07) is 0. The zero-order valence-electron chi connectivity index (χ0n) is 16.4. The van der Waals surface area contributed by atoms with Crippen LogP contribution in [0.3, 0.4) is 0 Å². The number of hydrogen-bond acceptors (Lipinski definition) is 5. The Hall–Kier alpha value is -0.200. The lowest BCUT2D eigenvalue weighted by molar-refractivity contribution is 0.251. The van der Waals surface area contributed by atoms with Crippen molar-refractivity contribution < 1.29 is 0 Å². The van der Waals surface area contributed by atoms with E-state index in [1.165, 1.54) is 64.7 Å². The minimum Gasteiger partial charge on any atom is -0.330 e. The van der Waals surface area contributed by atoms with E-state index in [2.05, 4.69) is 16.7 Å². The van der Waals surface area contributed by atoms with Gasteiger partial charge in [0.2, 0.25) is 0 Å². The Bertz CT molecular complexity index is 198. The summed E-state index contributed by atoms with van der Waals surface area (Å²) in [4.78, 5) is 5.14. The van der Waals surface area contributed by atoms with E-state index in [4.69, 9.17) is 17.2 Å². The molecule has 0 spiro atoms. The molecule has 5 nitrogen and oxygen atoms in total. The van der Waals surface area contributed by atoms with Crippen LogP contribution in [-0.2, 0) is 0 Å². The lowest BCUT2D eigenvalue weighted by atomic mass is 10.1. The molecule has 0 aromatic rings. The number of rotatable bonds is 19. The average molecular weight is 344 g/mol. The fourth-order valence-electron chi connectivity index (χ4n) is 3.02. The van der Waals surface area contributed by atoms with E-state index in [0.717, 1.165) is 52.0 Å². The van der Waals surface area contributed by atoms with Crippen molar-refractivity contribution in [3.8, 4) is 0 Å². The molecule has 0 amide bonds. The first kappa shape index (κ1) is 23.8. The second kappa shape index (κ2) is 19.1. The first-order chi connectivity index (χ1) is 11.8. The van der Waals surface area contributed by atoms with Gasteiger partial charge in [0.05, 0.1) is 0 Å². The van der Waals surface area contributed by atoms with Crippen LogP contribution in [0.15, 0.2) is 0 Å². The number of unbranched alkanes of at least 4 members (excludes halogenated alkanes) is 4. The van der Waals surface area contributed by atoms with E-state index in [0.29, 0.717) is 0 Å². The van der Waals surface area contributed by atoms with Crippen LogP contribution in [0, 0.1) is 0 Å². The first-order valence-electron chi connectivity index (χ1n) is 10.3. The summed E-state index contributed by atoms with van der Waals surface area (Å²) in [6.07, 6.45) is 11.2. The van der Waals surface area contributed by atoms with Crippen LogP contribution in [0.4, 0.5) is 0 Å². The Balaban J connectivity index is 3.74. The summed E-state index contributed by atoms with van der Waals surface area (Å²) in [6.45, 7) is 11.7. The number of nitrogens with zero attached hydrogens (tertiary/aromatic N) is 2. The van der Waals surface area contributed by atoms with Crippen LogP contribution in [-0.4, -0.2) is 68.7 Å². The Morgan fingerprint density at radius 1 is 0.458 bits per heavy atom. The minimum atomic E-state index is 0.787. The molecule has 0 rings (SSSR count). The van der Waals surface area contributed by atoms with Gasteiger partial charge in [-0.15, -0.1) is 0 Å². The highest BCUT2D eigenvalue weighted by molar-refractivity contribution is 4.62. The maximum Gasteiger partial charge on any atom is -0.000671 e. The average Bonchev–Trinajstić information content (AvgIpc) is 2.61. The molecule has 0 aromatic heterocycles. The van der Waals surface area contributed by atoms with E-state index in [-0.39, 0.29) is 0 Å². The van der Waals surface area contributed by atoms with Gasteiger partial charge in [0, 0.05) is 0 Å². The second-order valence-corrected chi connectivity index (χ2v) is 6.88. The Kier molecular flexibility index (Phi) is 19.0. The molecule has 5 heteroatoms. The van der Waals surface area contributed by atoms with E-state index in [1.54, 1.807) is 0 Å². The third kappa shape index (κ3) is 15.3. The summed E-state index contributed by atoms with van der Waals surface area (Å²) in [5.41, 5.74) is 16.9. The zero-order chi connectivity index (χ0) is 17.9. The maximum atomic E-state index is 5.65. The Morgan fingerprint density at radius 3 is 1.12 bits per heavy atom. The molecular formula is C19H45N5. The van der Waals surface area contributed by atoms with E-state index >= 15 is 0 Å². The van der Waals surface area contributed by atoms with E-state index < -0.39 is 0 Å². The van der Waals surface area contributed by atoms with Crippen molar-refractivity contribution >= 4 is 0 Å². The Labute approximate surface area is 151 Å². The van der Waals surface area contributed by atoms with Crippen LogP contribution < -0.4 is 17.2 Å². The highest BCUT2D eigenvalue weighted by Gasteiger charge is 2.05. The summed E-state index contributed by atoms with van der Waals surface area (Å²) in [5, 5.41) is 0. The molecule has 0 saturated carbocycles. The highest BCUT2D eigenvalue weighted by atomic mass is 15.1. The second-order valence-electron chi connectivity index (χ2n) is 6.88. The quantitative estimate of drug-likeness (QED) is 0.312. The highest BCUT2D eigenvalue weighted by Crippen LogP contribution is 2.06. The predicted molar refractivity (Wildman–Crippen MR) is 107 cm³/mol. The SMILES string of the molecule is CCCCN(CCCN)CCCCCCN(CCCN)CCCN. The van der Waals surface area contributed by atoms with Crippen molar-refractivity contribution in [2.45, 2.75) is 64.7 Å². The molecule has 0 aromatic carbocycles. The molecule has 6 N–H and O–H groups in total. The molecule has 146 valence electrons. The van der Waals surface area contributed by atoms with Gasteiger partial charge in [-0.25, -0.2) is 0 Å².